The van der Waals surface area contributed by atoms with Crippen LogP contribution in [-0.2, 0) is 19.6 Å². The van der Waals surface area contributed by atoms with Gasteiger partial charge in [0.05, 0.1) is 11.1 Å². The lowest BCUT2D eigenvalue weighted by atomic mass is 9.88. The van der Waals surface area contributed by atoms with E-state index in [2.05, 4.69) is 4.74 Å². The van der Waals surface area contributed by atoms with Crippen LogP contribution in [0.25, 0.3) is 0 Å². The molecule has 0 spiro atoms. The summed E-state index contributed by atoms with van der Waals surface area (Å²) >= 11 is 0. The largest absolute Gasteiger partial charge is 0.459 e. The van der Waals surface area contributed by atoms with Gasteiger partial charge >= 0.3 is 18.1 Å². The maximum absolute atomic E-state index is 13.3. The van der Waals surface area contributed by atoms with Crippen molar-refractivity contribution in [3.8, 4) is 0 Å². The number of hydrogen-bond donors (Lipinski definition) is 1. The minimum atomic E-state index is -5.25. The number of hydrogen-bond acceptors (Lipinski definition) is 6. The molecule has 1 aromatic rings. The normalized spacial score (nSPS) is 16.5. The van der Waals surface area contributed by atoms with E-state index in [9.17, 15) is 31.2 Å². The quantitative estimate of drug-likeness (QED) is 0.475. The highest BCUT2D eigenvalue weighted by molar-refractivity contribution is 7.85. The van der Waals surface area contributed by atoms with Crippen LogP contribution in [0.3, 0.4) is 0 Å². The third kappa shape index (κ3) is 6.22. The van der Waals surface area contributed by atoms with Gasteiger partial charge in [-0.2, -0.15) is 21.6 Å². The van der Waals surface area contributed by atoms with Crippen molar-refractivity contribution in [2.75, 3.05) is 5.75 Å². The van der Waals surface area contributed by atoms with Gasteiger partial charge in [0.2, 0.25) is 6.10 Å². The van der Waals surface area contributed by atoms with Crippen LogP contribution in [0.2, 0.25) is 0 Å². The van der Waals surface area contributed by atoms with E-state index in [0.29, 0.717) is 29.5 Å². The zero-order chi connectivity index (χ0) is 24.4. The molecule has 2 rings (SSSR count). The average molecular weight is 481 g/mol. The molecule has 1 atom stereocenters. The van der Waals surface area contributed by atoms with Crippen LogP contribution in [-0.4, -0.2) is 49.0 Å². The minimum absolute atomic E-state index is 0.200. The summed E-state index contributed by atoms with van der Waals surface area (Å²) < 4.78 is 80.7. The van der Waals surface area contributed by atoms with E-state index in [0.717, 1.165) is 19.3 Å². The molecule has 1 fully saturated rings. The van der Waals surface area contributed by atoms with Crippen LogP contribution in [0.1, 0.15) is 75.1 Å². The van der Waals surface area contributed by atoms with Gasteiger partial charge in [0.1, 0.15) is 11.9 Å². The summed E-state index contributed by atoms with van der Waals surface area (Å²) in [4.78, 5) is 25.8. The second-order valence-electron chi connectivity index (χ2n) is 8.10. The van der Waals surface area contributed by atoms with Gasteiger partial charge in [-0.15, -0.1) is 0 Å². The fourth-order valence-corrected chi connectivity index (χ4v) is 4.43. The Morgan fingerprint density at radius 3 is 1.84 bits per heavy atom. The second-order valence-corrected chi connectivity index (χ2v) is 9.60. The first kappa shape index (κ1) is 26.1. The predicted molar refractivity (Wildman–Crippen MR) is 109 cm³/mol. The number of esters is 2. The third-order valence-corrected chi connectivity index (χ3v) is 6.62. The number of carbonyl (C=O) groups excluding carboxylic acids is 2. The van der Waals surface area contributed by atoms with Crippen LogP contribution < -0.4 is 0 Å². The van der Waals surface area contributed by atoms with Crippen molar-refractivity contribution in [2.45, 2.75) is 78.2 Å². The van der Waals surface area contributed by atoms with Crippen molar-refractivity contribution in [2.24, 2.45) is 0 Å². The SMILES string of the molecule is Cc1c(C)c(C)c(C(=O)OC(CS(=O)(=O)O)C(F)(F)F)c(C(=O)OC2CCCCC2)c1C. The fraction of sp³-hybridized carbons (Fsp3) is 0.619. The Labute approximate surface area is 185 Å². The minimum Gasteiger partial charge on any atom is -0.459 e. The number of rotatable bonds is 6. The smallest absolute Gasteiger partial charge is 0.426 e. The topological polar surface area (TPSA) is 107 Å². The molecule has 0 bridgehead atoms. The molecule has 0 heterocycles. The molecule has 1 aliphatic rings. The van der Waals surface area contributed by atoms with Crippen LogP contribution >= 0.6 is 0 Å². The maximum Gasteiger partial charge on any atom is 0.426 e. The van der Waals surface area contributed by atoms with E-state index in [-0.39, 0.29) is 17.2 Å². The molecular weight excluding hydrogens is 453 g/mol. The number of alkyl halides is 3. The molecular formula is C21H27F3O7S. The Morgan fingerprint density at radius 2 is 1.41 bits per heavy atom. The summed E-state index contributed by atoms with van der Waals surface area (Å²) in [6, 6.07) is 0. The van der Waals surface area contributed by atoms with Crippen LogP contribution in [0.5, 0.6) is 0 Å². The molecule has 1 aliphatic carbocycles. The van der Waals surface area contributed by atoms with Gasteiger partial charge in [0.25, 0.3) is 10.1 Å². The first-order valence-corrected chi connectivity index (χ1v) is 11.8. The van der Waals surface area contributed by atoms with E-state index in [1.807, 2.05) is 0 Å². The highest BCUT2D eigenvalue weighted by Crippen LogP contribution is 2.32. The summed E-state index contributed by atoms with van der Waals surface area (Å²) in [5, 5.41) is 0. The van der Waals surface area contributed by atoms with Crippen molar-refractivity contribution in [3.05, 3.63) is 33.4 Å². The zero-order valence-electron chi connectivity index (χ0n) is 18.3. The van der Waals surface area contributed by atoms with Gasteiger partial charge in [-0.05, 0) is 75.6 Å². The molecule has 7 nitrogen and oxygen atoms in total. The van der Waals surface area contributed by atoms with Gasteiger partial charge in [-0.3, -0.25) is 4.55 Å². The summed E-state index contributed by atoms with van der Waals surface area (Å²) in [6.45, 7) is 6.36. The number of halogens is 3. The van der Waals surface area contributed by atoms with Crippen molar-refractivity contribution >= 4 is 22.1 Å². The van der Waals surface area contributed by atoms with Crippen LogP contribution in [0.4, 0.5) is 13.2 Å². The van der Waals surface area contributed by atoms with Crippen molar-refractivity contribution in [1.82, 2.24) is 0 Å². The van der Waals surface area contributed by atoms with Crippen molar-refractivity contribution < 1.29 is 45.2 Å². The molecule has 0 aliphatic heterocycles. The van der Waals surface area contributed by atoms with Gasteiger partial charge in [-0.25, -0.2) is 9.59 Å². The van der Waals surface area contributed by atoms with E-state index in [4.69, 9.17) is 9.29 Å². The molecule has 1 N–H and O–H groups in total. The van der Waals surface area contributed by atoms with E-state index in [1.54, 1.807) is 20.8 Å². The Hall–Kier alpha value is -2.14. The molecule has 0 radical (unpaired) electrons. The Kier molecular flexibility index (Phi) is 7.98. The van der Waals surface area contributed by atoms with E-state index < -0.39 is 45.7 Å². The number of carbonyl (C=O) groups is 2. The standard InChI is InChI=1S/C21H27F3O7S/c1-11-12(2)14(4)18(20(26)31-16(21(22,23)24)10-32(27,28)29)17(13(11)3)19(25)30-15-8-6-5-7-9-15/h15-16H,5-10H2,1-4H3,(H,27,28,29). The summed E-state index contributed by atoms with van der Waals surface area (Å²) in [5.41, 5.74) is 1.22. The van der Waals surface area contributed by atoms with E-state index in [1.165, 1.54) is 6.92 Å². The molecule has 0 aromatic heterocycles. The van der Waals surface area contributed by atoms with Crippen LogP contribution in [0, 0.1) is 27.7 Å². The predicted octanol–water partition coefficient (Wildman–Crippen LogP) is 4.39. The number of benzene rings is 1. The molecule has 32 heavy (non-hydrogen) atoms. The summed E-state index contributed by atoms with van der Waals surface area (Å²) in [5.74, 6) is -4.21. The van der Waals surface area contributed by atoms with Crippen molar-refractivity contribution in [1.29, 1.82) is 0 Å². The number of ether oxygens (including phenoxy) is 2. The highest BCUT2D eigenvalue weighted by Gasteiger charge is 2.46. The van der Waals surface area contributed by atoms with Gasteiger partial charge in [0, 0.05) is 0 Å². The Bertz CT molecular complexity index is 994. The molecule has 11 heteroatoms. The third-order valence-electron chi connectivity index (χ3n) is 5.90. The van der Waals surface area contributed by atoms with Gasteiger partial charge < -0.3 is 9.47 Å². The molecule has 1 aromatic carbocycles. The van der Waals surface area contributed by atoms with Crippen molar-refractivity contribution in [3.63, 3.8) is 0 Å². The first-order valence-electron chi connectivity index (χ1n) is 10.2. The second kappa shape index (κ2) is 9.78. The maximum atomic E-state index is 13.3. The lowest BCUT2D eigenvalue weighted by molar-refractivity contribution is -0.197. The fourth-order valence-electron chi connectivity index (χ4n) is 3.79. The molecule has 0 saturated heterocycles. The molecule has 1 saturated carbocycles. The van der Waals surface area contributed by atoms with Crippen LogP contribution in [0.15, 0.2) is 0 Å². The monoisotopic (exact) mass is 480 g/mol. The molecule has 1 unspecified atom stereocenters. The lowest BCUT2D eigenvalue weighted by Gasteiger charge is -2.25. The van der Waals surface area contributed by atoms with Gasteiger partial charge in [-0.1, -0.05) is 6.42 Å². The zero-order valence-corrected chi connectivity index (χ0v) is 19.2. The average Bonchev–Trinajstić information content (AvgIpc) is 2.67. The highest BCUT2D eigenvalue weighted by atomic mass is 32.2. The Balaban J connectivity index is 2.50. The Morgan fingerprint density at radius 1 is 0.938 bits per heavy atom. The molecule has 180 valence electrons. The lowest BCUT2D eigenvalue weighted by Crippen LogP contribution is -2.40. The molecule has 0 amide bonds. The first-order chi connectivity index (χ1) is 14.6. The summed E-state index contributed by atoms with van der Waals surface area (Å²) in [7, 11) is -5.10. The van der Waals surface area contributed by atoms with Gasteiger partial charge in [0.15, 0.2) is 0 Å². The summed E-state index contributed by atoms with van der Waals surface area (Å²) in [6.07, 6.45) is -4.65. The van der Waals surface area contributed by atoms with E-state index >= 15 is 0 Å².